The van der Waals surface area contributed by atoms with Gasteiger partial charge in [0, 0.05) is 18.2 Å². The van der Waals surface area contributed by atoms with E-state index < -0.39 is 0 Å². The number of nitrogens with one attached hydrogen (secondary N) is 2. The Kier molecular flexibility index (Phi) is 3.16. The predicted octanol–water partition coefficient (Wildman–Crippen LogP) is 2.73. The van der Waals surface area contributed by atoms with Gasteiger partial charge < -0.3 is 10.7 Å². The van der Waals surface area contributed by atoms with Crippen molar-refractivity contribution in [3.05, 3.63) is 55.9 Å². The maximum Gasteiger partial charge on any atom is 0.276 e. The smallest absolute Gasteiger partial charge is 0.276 e. The number of anilines is 1. The van der Waals surface area contributed by atoms with Crippen molar-refractivity contribution < 1.29 is 0 Å². The van der Waals surface area contributed by atoms with Gasteiger partial charge in [-0.1, -0.05) is 29.3 Å². The van der Waals surface area contributed by atoms with E-state index in [1.807, 2.05) is 6.07 Å². The van der Waals surface area contributed by atoms with Gasteiger partial charge >= 0.3 is 0 Å². The Morgan fingerprint density at radius 3 is 2.80 bits per heavy atom. The summed E-state index contributed by atoms with van der Waals surface area (Å²) in [4.78, 5) is 21.2. The molecular weight excluding hydrogens is 299 g/mol. The minimum Gasteiger partial charge on any atom is -0.369 e. The molecule has 2 heterocycles. The zero-order valence-electron chi connectivity index (χ0n) is 10.2. The van der Waals surface area contributed by atoms with Crippen molar-refractivity contribution in [2.75, 3.05) is 5.73 Å². The van der Waals surface area contributed by atoms with E-state index in [1.165, 1.54) is 0 Å². The first-order valence-electron chi connectivity index (χ1n) is 5.84. The third-order valence-corrected chi connectivity index (χ3v) is 3.75. The van der Waals surface area contributed by atoms with Gasteiger partial charge in [0.25, 0.3) is 5.56 Å². The normalized spacial score (nSPS) is 11.1. The number of rotatable bonds is 2. The van der Waals surface area contributed by atoms with Gasteiger partial charge in [0.1, 0.15) is 11.0 Å². The van der Waals surface area contributed by atoms with Crippen LogP contribution in [0.3, 0.4) is 0 Å². The molecule has 2 aromatic heterocycles. The average Bonchev–Trinajstić information content (AvgIpc) is 2.77. The third-order valence-electron chi connectivity index (χ3n) is 3.01. The van der Waals surface area contributed by atoms with E-state index in [9.17, 15) is 4.79 Å². The molecule has 20 heavy (non-hydrogen) atoms. The van der Waals surface area contributed by atoms with Gasteiger partial charge in [0.2, 0.25) is 5.95 Å². The highest BCUT2D eigenvalue weighted by Gasteiger charge is 2.10. The summed E-state index contributed by atoms with van der Waals surface area (Å²) in [6.45, 7) is 0. The molecule has 0 spiro atoms. The Labute approximate surface area is 123 Å². The SMILES string of the molecule is Nc1nc2c(Cc3ccc(Cl)c(Cl)c3)c[nH]c2c(=O)[nH]1. The summed E-state index contributed by atoms with van der Waals surface area (Å²) >= 11 is 11.9. The number of aromatic nitrogens is 3. The van der Waals surface area contributed by atoms with Crippen molar-refractivity contribution >= 4 is 40.2 Å². The molecule has 3 rings (SSSR count). The van der Waals surface area contributed by atoms with Crippen molar-refractivity contribution in [3.63, 3.8) is 0 Å². The lowest BCUT2D eigenvalue weighted by atomic mass is 10.1. The van der Waals surface area contributed by atoms with Gasteiger partial charge in [-0.15, -0.1) is 0 Å². The third kappa shape index (κ3) is 2.26. The van der Waals surface area contributed by atoms with E-state index in [0.29, 0.717) is 27.5 Å². The number of H-pyrrole nitrogens is 2. The fourth-order valence-corrected chi connectivity index (χ4v) is 2.41. The molecule has 3 aromatic rings. The molecule has 4 N–H and O–H groups in total. The van der Waals surface area contributed by atoms with Crippen LogP contribution in [-0.4, -0.2) is 15.0 Å². The molecule has 0 saturated carbocycles. The second-order valence-electron chi connectivity index (χ2n) is 4.41. The number of nitrogens with zero attached hydrogens (tertiary/aromatic N) is 1. The van der Waals surface area contributed by atoms with E-state index in [-0.39, 0.29) is 11.5 Å². The van der Waals surface area contributed by atoms with Crippen LogP contribution in [0.15, 0.2) is 29.2 Å². The second kappa shape index (κ2) is 4.85. The number of aromatic amines is 2. The van der Waals surface area contributed by atoms with Gasteiger partial charge in [-0.25, -0.2) is 4.98 Å². The number of halogens is 2. The number of hydrogen-bond donors (Lipinski definition) is 3. The van der Waals surface area contributed by atoms with Crippen LogP contribution in [-0.2, 0) is 6.42 Å². The van der Waals surface area contributed by atoms with Gasteiger partial charge in [-0.2, -0.15) is 0 Å². The molecule has 0 atom stereocenters. The van der Waals surface area contributed by atoms with Gasteiger partial charge in [-0.3, -0.25) is 9.78 Å². The summed E-state index contributed by atoms with van der Waals surface area (Å²) < 4.78 is 0. The Bertz CT molecular complexity index is 853. The van der Waals surface area contributed by atoms with Crippen LogP contribution < -0.4 is 11.3 Å². The summed E-state index contributed by atoms with van der Waals surface area (Å²) in [6, 6.07) is 5.41. The van der Waals surface area contributed by atoms with E-state index in [0.717, 1.165) is 11.1 Å². The second-order valence-corrected chi connectivity index (χ2v) is 5.23. The first kappa shape index (κ1) is 13.0. The Hall–Kier alpha value is -1.98. The molecule has 0 unspecified atom stereocenters. The molecule has 7 heteroatoms. The van der Waals surface area contributed by atoms with Crippen molar-refractivity contribution in [1.82, 2.24) is 15.0 Å². The summed E-state index contributed by atoms with van der Waals surface area (Å²) in [7, 11) is 0. The van der Waals surface area contributed by atoms with Gasteiger partial charge in [0.15, 0.2) is 0 Å². The molecule has 5 nitrogen and oxygen atoms in total. The highest BCUT2D eigenvalue weighted by atomic mass is 35.5. The molecule has 0 saturated heterocycles. The maximum absolute atomic E-state index is 11.7. The Balaban J connectivity index is 2.06. The highest BCUT2D eigenvalue weighted by Crippen LogP contribution is 2.25. The minimum atomic E-state index is -0.284. The van der Waals surface area contributed by atoms with Crippen molar-refractivity contribution in [2.24, 2.45) is 0 Å². The predicted molar refractivity (Wildman–Crippen MR) is 80.4 cm³/mol. The lowest BCUT2D eigenvalue weighted by Crippen LogP contribution is -2.11. The molecule has 0 radical (unpaired) electrons. The first-order chi connectivity index (χ1) is 9.54. The molecule has 0 aliphatic rings. The van der Waals surface area contributed by atoms with E-state index in [1.54, 1.807) is 18.3 Å². The Morgan fingerprint density at radius 1 is 1.25 bits per heavy atom. The van der Waals surface area contributed by atoms with Crippen molar-refractivity contribution in [1.29, 1.82) is 0 Å². The van der Waals surface area contributed by atoms with Crippen molar-refractivity contribution in [2.45, 2.75) is 6.42 Å². The molecule has 1 aromatic carbocycles. The van der Waals surface area contributed by atoms with Crippen LogP contribution in [0.5, 0.6) is 0 Å². The van der Waals surface area contributed by atoms with Crippen LogP contribution in [0.2, 0.25) is 10.0 Å². The summed E-state index contributed by atoms with van der Waals surface area (Å²) in [5.41, 5.74) is 8.11. The van der Waals surface area contributed by atoms with Crippen LogP contribution in [0.1, 0.15) is 11.1 Å². The fourth-order valence-electron chi connectivity index (χ4n) is 2.09. The van der Waals surface area contributed by atoms with Gasteiger partial charge in [-0.05, 0) is 17.7 Å². The molecule has 0 aliphatic heterocycles. The molecule has 102 valence electrons. The van der Waals surface area contributed by atoms with E-state index in [2.05, 4.69) is 15.0 Å². The van der Waals surface area contributed by atoms with E-state index in [4.69, 9.17) is 28.9 Å². The molecule has 0 amide bonds. The van der Waals surface area contributed by atoms with Crippen LogP contribution in [0.25, 0.3) is 11.0 Å². The van der Waals surface area contributed by atoms with Crippen molar-refractivity contribution in [3.8, 4) is 0 Å². The van der Waals surface area contributed by atoms with Crippen LogP contribution in [0, 0.1) is 0 Å². The highest BCUT2D eigenvalue weighted by molar-refractivity contribution is 6.42. The molecular formula is C13H10Cl2N4O. The molecule has 0 aliphatic carbocycles. The maximum atomic E-state index is 11.7. The summed E-state index contributed by atoms with van der Waals surface area (Å²) in [5, 5.41) is 1.00. The average molecular weight is 309 g/mol. The number of hydrogen-bond acceptors (Lipinski definition) is 3. The van der Waals surface area contributed by atoms with Crippen LogP contribution >= 0.6 is 23.2 Å². The number of benzene rings is 1. The van der Waals surface area contributed by atoms with Gasteiger partial charge in [0.05, 0.1) is 10.0 Å². The minimum absolute atomic E-state index is 0.0949. The summed E-state index contributed by atoms with van der Waals surface area (Å²) in [6.07, 6.45) is 2.32. The largest absolute Gasteiger partial charge is 0.369 e. The lowest BCUT2D eigenvalue weighted by Gasteiger charge is -2.02. The number of nitrogens with two attached hydrogens (primary N) is 1. The fraction of sp³-hybridized carbons (Fsp3) is 0.0769. The molecule has 0 fully saturated rings. The zero-order valence-corrected chi connectivity index (χ0v) is 11.7. The summed E-state index contributed by atoms with van der Waals surface area (Å²) in [5.74, 6) is 0.0949. The first-order valence-corrected chi connectivity index (χ1v) is 6.60. The van der Waals surface area contributed by atoms with Crippen LogP contribution in [0.4, 0.5) is 5.95 Å². The topological polar surface area (TPSA) is 87.6 Å². The lowest BCUT2D eigenvalue weighted by molar-refractivity contribution is 1.16. The van der Waals surface area contributed by atoms with E-state index >= 15 is 0 Å². The number of nitrogen functional groups attached to an aromatic ring is 1. The number of fused-ring (bicyclic) bond motifs is 1. The zero-order chi connectivity index (χ0) is 14.3. The Morgan fingerprint density at radius 2 is 2.05 bits per heavy atom. The quantitative estimate of drug-likeness (QED) is 0.680. The monoisotopic (exact) mass is 308 g/mol. The standard InChI is InChI=1S/C13H10Cl2N4O/c14-8-2-1-6(4-9(8)15)3-7-5-17-11-10(7)18-13(16)19-12(11)20/h1-2,4-5,17H,3H2,(H3,16,18,19,20). The molecule has 0 bridgehead atoms.